The van der Waals surface area contributed by atoms with E-state index >= 15 is 0 Å². The lowest BCUT2D eigenvalue weighted by Crippen LogP contribution is -2.25. The van der Waals surface area contributed by atoms with Gasteiger partial charge in [0.05, 0.1) is 16.8 Å². The van der Waals surface area contributed by atoms with Crippen LogP contribution in [0.15, 0.2) is 53.7 Å². The van der Waals surface area contributed by atoms with Crippen LogP contribution in [0.2, 0.25) is 0 Å². The first-order valence-corrected chi connectivity index (χ1v) is 11.5. The van der Waals surface area contributed by atoms with E-state index in [1.165, 1.54) is 0 Å². The van der Waals surface area contributed by atoms with Crippen LogP contribution in [-0.4, -0.2) is 19.3 Å². The van der Waals surface area contributed by atoms with Crippen molar-refractivity contribution in [3.8, 4) is 0 Å². The van der Waals surface area contributed by atoms with Crippen LogP contribution in [0.25, 0.3) is 0 Å². The lowest BCUT2D eigenvalue weighted by Gasteiger charge is -2.19. The Bertz CT molecular complexity index is 1190. The summed E-state index contributed by atoms with van der Waals surface area (Å²) >= 11 is 0. The molecule has 2 N–H and O–H groups in total. The van der Waals surface area contributed by atoms with Crippen LogP contribution in [0.3, 0.4) is 0 Å². The largest absolute Gasteiger partial charge is 0.321 e. The first-order valence-electron chi connectivity index (χ1n) is 9.98. The van der Waals surface area contributed by atoms with Crippen LogP contribution < -0.4 is 10.0 Å². The number of carbonyl (C=O) groups is 1. The van der Waals surface area contributed by atoms with Crippen LogP contribution in [0.1, 0.15) is 43.7 Å². The highest BCUT2D eigenvalue weighted by molar-refractivity contribution is 7.89. The van der Waals surface area contributed by atoms with Crippen molar-refractivity contribution in [2.75, 3.05) is 5.32 Å². The summed E-state index contributed by atoms with van der Waals surface area (Å²) in [5, 5.41) is 2.77. The number of amides is 1. The molecule has 0 aliphatic heterocycles. The molecule has 1 heterocycles. The fraction of sp³-hybridized carbons (Fsp3) is 0.250. The fourth-order valence-corrected chi connectivity index (χ4v) is 5.15. The Balaban J connectivity index is 1.74. The molecule has 162 valence electrons. The second-order valence-electron chi connectivity index (χ2n) is 7.67. The van der Waals surface area contributed by atoms with Gasteiger partial charge in [-0.1, -0.05) is 12.1 Å². The zero-order valence-corrected chi connectivity index (χ0v) is 19.2. The molecule has 0 bridgehead atoms. The van der Waals surface area contributed by atoms with Gasteiger partial charge in [0.15, 0.2) is 0 Å². The summed E-state index contributed by atoms with van der Waals surface area (Å²) in [4.78, 5) is 16.7. The summed E-state index contributed by atoms with van der Waals surface area (Å²) in [6.45, 7) is 9.74. The highest BCUT2D eigenvalue weighted by atomic mass is 32.2. The monoisotopic (exact) mass is 437 g/mol. The van der Waals surface area contributed by atoms with E-state index in [0.717, 1.165) is 33.4 Å². The number of sulfonamides is 1. The summed E-state index contributed by atoms with van der Waals surface area (Å²) in [7, 11) is -3.68. The van der Waals surface area contributed by atoms with Gasteiger partial charge < -0.3 is 5.32 Å². The number of anilines is 1. The molecule has 0 aliphatic carbocycles. The zero-order valence-electron chi connectivity index (χ0n) is 18.4. The minimum Gasteiger partial charge on any atom is -0.321 e. The Labute approximate surface area is 183 Å². The van der Waals surface area contributed by atoms with Gasteiger partial charge in [0, 0.05) is 18.3 Å². The maximum absolute atomic E-state index is 13.1. The van der Waals surface area contributed by atoms with E-state index in [2.05, 4.69) is 15.0 Å². The molecule has 3 rings (SSSR count). The second-order valence-corrected chi connectivity index (χ2v) is 9.38. The van der Waals surface area contributed by atoms with Crippen molar-refractivity contribution < 1.29 is 13.2 Å². The predicted octanol–water partition coefficient (Wildman–Crippen LogP) is 4.35. The SMILES string of the molecule is Cc1c(C)c(C)c(S(=O)(=O)NCc2ccc(C(=O)Nc3cccnc3)cc2)c(C)c1C. The molecule has 31 heavy (non-hydrogen) atoms. The standard InChI is InChI=1S/C24H27N3O3S/c1-15-16(2)18(4)23(19(5)17(15)3)31(29,30)26-13-20-8-10-21(11-9-20)24(28)27-22-7-6-12-25-14-22/h6-12,14,26H,13H2,1-5H3,(H,27,28). The van der Waals surface area contributed by atoms with Gasteiger partial charge in [0.2, 0.25) is 10.0 Å². The smallest absolute Gasteiger partial charge is 0.255 e. The molecule has 6 nitrogen and oxygen atoms in total. The fourth-order valence-electron chi connectivity index (χ4n) is 3.53. The zero-order chi connectivity index (χ0) is 22.8. The number of aromatic nitrogens is 1. The number of hydrogen-bond donors (Lipinski definition) is 2. The summed E-state index contributed by atoms with van der Waals surface area (Å²) < 4.78 is 28.8. The Kier molecular flexibility index (Phi) is 6.57. The summed E-state index contributed by atoms with van der Waals surface area (Å²) in [5.41, 5.74) is 6.50. The van der Waals surface area contributed by atoms with E-state index in [0.29, 0.717) is 16.1 Å². The highest BCUT2D eigenvalue weighted by Gasteiger charge is 2.23. The van der Waals surface area contributed by atoms with Crippen molar-refractivity contribution in [1.29, 1.82) is 0 Å². The Morgan fingerprint density at radius 3 is 2.00 bits per heavy atom. The first kappa shape index (κ1) is 22.7. The number of carbonyl (C=O) groups excluding carboxylic acids is 1. The maximum Gasteiger partial charge on any atom is 0.255 e. The van der Waals surface area contributed by atoms with Gasteiger partial charge in [0.1, 0.15) is 0 Å². The normalized spacial score (nSPS) is 11.4. The van der Waals surface area contributed by atoms with Crippen molar-refractivity contribution in [2.45, 2.75) is 46.1 Å². The highest BCUT2D eigenvalue weighted by Crippen LogP contribution is 2.29. The third-order valence-electron chi connectivity index (χ3n) is 5.80. The molecule has 7 heteroatoms. The molecule has 0 aliphatic rings. The molecule has 0 atom stereocenters. The van der Waals surface area contributed by atoms with E-state index in [4.69, 9.17) is 0 Å². The topological polar surface area (TPSA) is 88.2 Å². The van der Waals surface area contributed by atoms with Gasteiger partial charge in [0.25, 0.3) is 5.91 Å². The Morgan fingerprint density at radius 2 is 1.45 bits per heavy atom. The van der Waals surface area contributed by atoms with Crippen LogP contribution >= 0.6 is 0 Å². The lowest BCUT2D eigenvalue weighted by atomic mass is 9.95. The second kappa shape index (κ2) is 8.99. The minimum absolute atomic E-state index is 0.137. The average molecular weight is 438 g/mol. The van der Waals surface area contributed by atoms with Crippen molar-refractivity contribution in [3.63, 3.8) is 0 Å². The van der Waals surface area contributed by atoms with Crippen LogP contribution in [0.4, 0.5) is 5.69 Å². The van der Waals surface area contributed by atoms with E-state index in [1.54, 1.807) is 48.8 Å². The van der Waals surface area contributed by atoms with E-state index < -0.39 is 10.0 Å². The van der Waals surface area contributed by atoms with Crippen molar-refractivity contribution in [2.24, 2.45) is 0 Å². The molecule has 0 unspecified atom stereocenters. The van der Waals surface area contributed by atoms with E-state index in [-0.39, 0.29) is 12.5 Å². The van der Waals surface area contributed by atoms with Gasteiger partial charge in [-0.05, 0) is 92.3 Å². The quantitative estimate of drug-likeness (QED) is 0.600. The van der Waals surface area contributed by atoms with Gasteiger partial charge in [-0.15, -0.1) is 0 Å². The first-order chi connectivity index (χ1) is 14.6. The average Bonchev–Trinajstić information content (AvgIpc) is 2.76. The molecule has 0 radical (unpaired) electrons. The van der Waals surface area contributed by atoms with Gasteiger partial charge >= 0.3 is 0 Å². The Morgan fingerprint density at radius 1 is 0.871 bits per heavy atom. The number of benzene rings is 2. The number of rotatable bonds is 6. The molecule has 3 aromatic rings. The molecule has 0 saturated carbocycles. The molecule has 0 fully saturated rings. The van der Waals surface area contributed by atoms with Crippen molar-refractivity contribution >= 4 is 21.6 Å². The maximum atomic E-state index is 13.1. The molecule has 0 saturated heterocycles. The van der Waals surface area contributed by atoms with Gasteiger partial charge in [-0.25, -0.2) is 13.1 Å². The van der Waals surface area contributed by atoms with E-state index in [9.17, 15) is 13.2 Å². The number of nitrogens with zero attached hydrogens (tertiary/aromatic N) is 1. The molecule has 0 spiro atoms. The van der Waals surface area contributed by atoms with Gasteiger partial charge in [-0.2, -0.15) is 0 Å². The molecule has 1 aromatic heterocycles. The summed E-state index contributed by atoms with van der Waals surface area (Å²) in [6, 6.07) is 10.3. The molecule has 1 amide bonds. The van der Waals surface area contributed by atoms with E-state index in [1.807, 2.05) is 34.6 Å². The summed E-state index contributed by atoms with van der Waals surface area (Å²) in [6.07, 6.45) is 3.20. The molecular formula is C24H27N3O3S. The number of hydrogen-bond acceptors (Lipinski definition) is 4. The van der Waals surface area contributed by atoms with Gasteiger partial charge in [-0.3, -0.25) is 9.78 Å². The number of nitrogens with one attached hydrogen (secondary N) is 2. The Hall–Kier alpha value is -3.03. The van der Waals surface area contributed by atoms with Crippen molar-refractivity contribution in [1.82, 2.24) is 9.71 Å². The lowest BCUT2D eigenvalue weighted by molar-refractivity contribution is 0.102. The van der Waals surface area contributed by atoms with Crippen LogP contribution in [0.5, 0.6) is 0 Å². The molecule has 2 aromatic carbocycles. The predicted molar refractivity (Wildman–Crippen MR) is 123 cm³/mol. The van der Waals surface area contributed by atoms with Crippen molar-refractivity contribution in [3.05, 3.63) is 87.7 Å². The number of pyridine rings is 1. The third kappa shape index (κ3) is 4.84. The third-order valence-corrected chi connectivity index (χ3v) is 7.48. The molecular weight excluding hydrogens is 410 g/mol. The van der Waals surface area contributed by atoms with Crippen LogP contribution in [-0.2, 0) is 16.6 Å². The summed E-state index contributed by atoms with van der Waals surface area (Å²) in [5.74, 6) is -0.253. The minimum atomic E-state index is -3.68. The van der Waals surface area contributed by atoms with Crippen LogP contribution in [0, 0.1) is 34.6 Å².